The smallest absolute Gasteiger partial charge is 0.260 e. The SMILES string of the molecule is CC(C)(C)c1ccccc1OCC(=O)N1CCCCC1CNS(C)(=O)=O. The van der Waals surface area contributed by atoms with Crippen LogP contribution in [-0.4, -0.2) is 51.2 Å². The van der Waals surface area contributed by atoms with Crippen LogP contribution in [0.5, 0.6) is 5.75 Å². The number of para-hydroxylation sites is 1. The summed E-state index contributed by atoms with van der Waals surface area (Å²) in [6.45, 7) is 7.17. The number of nitrogens with one attached hydrogen (secondary N) is 1. The normalized spacial score (nSPS) is 18.6. The number of benzene rings is 1. The first-order chi connectivity index (χ1) is 12.1. The van der Waals surface area contributed by atoms with Crippen molar-refractivity contribution in [2.24, 2.45) is 0 Å². The summed E-state index contributed by atoms with van der Waals surface area (Å²) >= 11 is 0. The first kappa shape index (κ1) is 20.7. The van der Waals surface area contributed by atoms with Gasteiger partial charge in [-0.15, -0.1) is 0 Å². The average molecular weight is 383 g/mol. The second-order valence-electron chi connectivity index (χ2n) is 7.89. The Morgan fingerprint density at radius 3 is 2.62 bits per heavy atom. The molecule has 1 aromatic rings. The molecule has 0 spiro atoms. The van der Waals surface area contributed by atoms with Gasteiger partial charge in [-0.25, -0.2) is 13.1 Å². The molecular weight excluding hydrogens is 352 g/mol. The molecule has 1 amide bonds. The maximum absolute atomic E-state index is 12.7. The molecule has 2 rings (SSSR count). The molecule has 0 radical (unpaired) electrons. The number of hydrogen-bond acceptors (Lipinski definition) is 4. The Labute approximate surface area is 157 Å². The number of hydrogen-bond donors (Lipinski definition) is 1. The topological polar surface area (TPSA) is 75.7 Å². The van der Waals surface area contributed by atoms with Gasteiger partial charge in [0.05, 0.1) is 6.26 Å². The van der Waals surface area contributed by atoms with Crippen molar-refractivity contribution in [3.8, 4) is 5.75 Å². The third-order valence-electron chi connectivity index (χ3n) is 4.57. The van der Waals surface area contributed by atoms with Crippen LogP contribution in [-0.2, 0) is 20.2 Å². The van der Waals surface area contributed by atoms with Crippen LogP contribution in [0.4, 0.5) is 0 Å². The lowest BCUT2D eigenvalue weighted by molar-refractivity contribution is -0.136. The molecule has 1 N–H and O–H groups in total. The lowest BCUT2D eigenvalue weighted by atomic mass is 9.86. The second-order valence-corrected chi connectivity index (χ2v) is 9.73. The van der Waals surface area contributed by atoms with E-state index in [1.807, 2.05) is 24.3 Å². The van der Waals surface area contributed by atoms with Crippen LogP contribution in [0, 0.1) is 0 Å². The van der Waals surface area contributed by atoms with Gasteiger partial charge in [-0.05, 0) is 36.3 Å². The number of carbonyl (C=O) groups is 1. The van der Waals surface area contributed by atoms with E-state index in [1.54, 1.807) is 4.90 Å². The van der Waals surface area contributed by atoms with Gasteiger partial charge in [0.25, 0.3) is 5.91 Å². The minimum Gasteiger partial charge on any atom is -0.483 e. The Morgan fingerprint density at radius 1 is 1.27 bits per heavy atom. The maximum Gasteiger partial charge on any atom is 0.260 e. The number of rotatable bonds is 6. The number of likely N-dealkylation sites (tertiary alicyclic amines) is 1. The van der Waals surface area contributed by atoms with Gasteiger partial charge in [-0.3, -0.25) is 4.79 Å². The number of nitrogens with zero attached hydrogens (tertiary/aromatic N) is 1. The average Bonchev–Trinajstić information content (AvgIpc) is 2.57. The van der Waals surface area contributed by atoms with Crippen LogP contribution in [0.25, 0.3) is 0 Å². The molecule has 0 bridgehead atoms. The molecule has 1 aliphatic heterocycles. The van der Waals surface area contributed by atoms with Gasteiger partial charge in [0.15, 0.2) is 6.61 Å². The van der Waals surface area contributed by atoms with Crippen LogP contribution < -0.4 is 9.46 Å². The number of carbonyl (C=O) groups excluding carboxylic acids is 1. The highest BCUT2D eigenvalue weighted by Gasteiger charge is 2.28. The summed E-state index contributed by atoms with van der Waals surface area (Å²) in [6.07, 6.45) is 3.86. The molecule has 0 aromatic heterocycles. The van der Waals surface area contributed by atoms with E-state index in [-0.39, 0.29) is 30.5 Å². The zero-order valence-electron chi connectivity index (χ0n) is 16.1. The highest BCUT2D eigenvalue weighted by atomic mass is 32.2. The van der Waals surface area contributed by atoms with Gasteiger partial charge in [0.2, 0.25) is 10.0 Å². The van der Waals surface area contributed by atoms with E-state index in [9.17, 15) is 13.2 Å². The zero-order chi connectivity index (χ0) is 19.4. The number of sulfonamides is 1. The van der Waals surface area contributed by atoms with Crippen molar-refractivity contribution in [2.75, 3.05) is 26.0 Å². The second kappa shape index (κ2) is 8.39. The number of ether oxygens (including phenoxy) is 1. The Morgan fingerprint density at radius 2 is 1.96 bits per heavy atom. The van der Waals surface area contributed by atoms with Crippen molar-refractivity contribution in [3.05, 3.63) is 29.8 Å². The van der Waals surface area contributed by atoms with E-state index in [4.69, 9.17) is 4.74 Å². The fourth-order valence-electron chi connectivity index (χ4n) is 3.22. The van der Waals surface area contributed by atoms with Crippen LogP contribution in [0.1, 0.15) is 45.6 Å². The molecule has 7 heteroatoms. The van der Waals surface area contributed by atoms with Gasteiger partial charge in [-0.2, -0.15) is 0 Å². The highest BCUT2D eigenvalue weighted by Crippen LogP contribution is 2.31. The summed E-state index contributed by atoms with van der Waals surface area (Å²) in [5, 5.41) is 0. The van der Waals surface area contributed by atoms with Crippen LogP contribution in [0.15, 0.2) is 24.3 Å². The van der Waals surface area contributed by atoms with Crippen LogP contribution in [0.2, 0.25) is 0 Å². The van der Waals surface area contributed by atoms with Gasteiger partial charge < -0.3 is 9.64 Å². The van der Waals surface area contributed by atoms with E-state index in [2.05, 4.69) is 25.5 Å². The predicted molar refractivity (Wildman–Crippen MR) is 103 cm³/mol. The Bertz CT molecular complexity index is 725. The van der Waals surface area contributed by atoms with Crippen molar-refractivity contribution in [1.82, 2.24) is 9.62 Å². The fourth-order valence-corrected chi connectivity index (χ4v) is 3.72. The third-order valence-corrected chi connectivity index (χ3v) is 5.27. The summed E-state index contributed by atoms with van der Waals surface area (Å²) in [7, 11) is -3.27. The first-order valence-electron chi connectivity index (χ1n) is 9.04. The molecule has 1 atom stereocenters. The summed E-state index contributed by atoms with van der Waals surface area (Å²) in [6, 6.07) is 7.64. The number of piperidine rings is 1. The van der Waals surface area contributed by atoms with Gasteiger partial charge >= 0.3 is 0 Å². The van der Waals surface area contributed by atoms with Crippen molar-refractivity contribution in [3.63, 3.8) is 0 Å². The third kappa shape index (κ3) is 5.99. The molecule has 1 heterocycles. The Balaban J connectivity index is 2.02. The summed E-state index contributed by atoms with van der Waals surface area (Å²) in [5.41, 5.74) is 0.980. The summed E-state index contributed by atoms with van der Waals surface area (Å²) < 4.78 is 31.1. The highest BCUT2D eigenvalue weighted by molar-refractivity contribution is 7.88. The predicted octanol–water partition coefficient (Wildman–Crippen LogP) is 2.29. The maximum atomic E-state index is 12.7. The van der Waals surface area contributed by atoms with E-state index >= 15 is 0 Å². The summed E-state index contributed by atoms with van der Waals surface area (Å²) in [4.78, 5) is 14.4. The monoisotopic (exact) mass is 382 g/mol. The van der Waals surface area contributed by atoms with Gasteiger partial charge in [0, 0.05) is 19.1 Å². The first-order valence-corrected chi connectivity index (χ1v) is 10.9. The minimum absolute atomic E-state index is 0.0392. The Hall–Kier alpha value is -1.60. The van der Waals surface area contributed by atoms with E-state index in [1.165, 1.54) is 0 Å². The molecule has 0 aliphatic carbocycles. The lowest BCUT2D eigenvalue weighted by Gasteiger charge is -2.35. The largest absolute Gasteiger partial charge is 0.483 e. The standard InChI is InChI=1S/C19H30N2O4S/c1-19(2,3)16-10-5-6-11-17(16)25-14-18(22)21-12-8-7-9-15(21)13-20-26(4,23)24/h5-6,10-11,15,20H,7-9,12-14H2,1-4H3. The molecule has 26 heavy (non-hydrogen) atoms. The molecule has 6 nitrogen and oxygen atoms in total. The molecule has 1 saturated heterocycles. The summed E-state index contributed by atoms with van der Waals surface area (Å²) in [5.74, 6) is 0.616. The number of amides is 1. The molecule has 1 aliphatic rings. The Kier molecular flexibility index (Phi) is 6.69. The molecule has 1 fully saturated rings. The van der Waals surface area contributed by atoms with Crippen LogP contribution in [0.3, 0.4) is 0 Å². The van der Waals surface area contributed by atoms with Gasteiger partial charge in [0.1, 0.15) is 5.75 Å². The van der Waals surface area contributed by atoms with Crippen molar-refractivity contribution in [1.29, 1.82) is 0 Å². The molecular formula is C19H30N2O4S. The molecule has 1 aromatic carbocycles. The quantitative estimate of drug-likeness (QED) is 0.819. The molecule has 146 valence electrons. The van der Waals surface area contributed by atoms with Crippen LogP contribution >= 0.6 is 0 Å². The van der Waals surface area contributed by atoms with Crippen molar-refractivity contribution in [2.45, 2.75) is 51.5 Å². The van der Waals surface area contributed by atoms with E-state index < -0.39 is 10.0 Å². The van der Waals surface area contributed by atoms with Crippen molar-refractivity contribution < 1.29 is 17.9 Å². The van der Waals surface area contributed by atoms with Crippen molar-refractivity contribution >= 4 is 15.9 Å². The zero-order valence-corrected chi connectivity index (χ0v) is 16.9. The van der Waals surface area contributed by atoms with E-state index in [0.717, 1.165) is 36.8 Å². The molecule has 0 saturated carbocycles. The lowest BCUT2D eigenvalue weighted by Crippen LogP contribution is -2.50. The fraction of sp³-hybridized carbons (Fsp3) is 0.632. The van der Waals surface area contributed by atoms with E-state index in [0.29, 0.717) is 6.54 Å². The molecule has 1 unspecified atom stereocenters. The minimum atomic E-state index is -3.27. The van der Waals surface area contributed by atoms with Gasteiger partial charge in [-0.1, -0.05) is 39.0 Å².